The molecule has 0 aliphatic carbocycles. The van der Waals surface area contributed by atoms with Crippen LogP contribution in [0.15, 0.2) is 14.4 Å². The fourth-order valence-corrected chi connectivity index (χ4v) is 2.17. The van der Waals surface area contributed by atoms with E-state index in [2.05, 4.69) is 0 Å². The van der Waals surface area contributed by atoms with Crippen molar-refractivity contribution in [3.63, 3.8) is 0 Å². The first-order valence-electron chi connectivity index (χ1n) is 6.83. The van der Waals surface area contributed by atoms with Crippen LogP contribution in [0.1, 0.15) is 6.92 Å². The number of rotatable bonds is 6. The van der Waals surface area contributed by atoms with Crippen LogP contribution in [0.5, 0.6) is 0 Å². The molecule has 1 N–H and O–H groups in total. The Morgan fingerprint density at radius 1 is 1.00 bits per heavy atom. The number of ether oxygens (including phenoxy) is 2. The van der Waals surface area contributed by atoms with Crippen molar-refractivity contribution in [3.05, 3.63) is 31.5 Å². The predicted octanol–water partition coefficient (Wildman–Crippen LogP) is -2.65. The lowest BCUT2D eigenvalue weighted by atomic mass is 10.4. The van der Waals surface area contributed by atoms with Crippen LogP contribution in [0.4, 0.5) is 0 Å². The molecule has 0 radical (unpaired) electrons. The summed E-state index contributed by atoms with van der Waals surface area (Å²) in [7, 11) is 0. The minimum absolute atomic E-state index is 0.114. The van der Waals surface area contributed by atoms with Gasteiger partial charge in [0.1, 0.15) is 0 Å². The highest BCUT2D eigenvalue weighted by Gasteiger charge is 2.29. The number of hydrogen-bond donors (Lipinski definition) is 1. The maximum atomic E-state index is 12.3. The maximum absolute atomic E-state index is 12.3. The summed E-state index contributed by atoms with van der Waals surface area (Å²) < 4.78 is 12.9. The smallest absolute Gasteiger partial charge is 0.336 e. The zero-order valence-corrected chi connectivity index (χ0v) is 11.6. The molecule has 2 aliphatic heterocycles. The molecule has 9 nitrogen and oxygen atoms in total. The van der Waals surface area contributed by atoms with Gasteiger partial charge in [-0.05, 0) is 6.92 Å². The Hall–Kier alpha value is -1.71. The molecule has 21 heavy (non-hydrogen) atoms. The molecule has 0 bridgehead atoms. The Balaban J connectivity index is 2.10. The van der Waals surface area contributed by atoms with Gasteiger partial charge in [0.25, 0.3) is 0 Å². The van der Waals surface area contributed by atoms with E-state index in [-0.39, 0.29) is 31.8 Å². The Morgan fingerprint density at radius 2 is 1.38 bits per heavy atom. The van der Waals surface area contributed by atoms with Crippen LogP contribution >= 0.6 is 0 Å². The van der Waals surface area contributed by atoms with Crippen molar-refractivity contribution >= 4 is 0 Å². The summed E-state index contributed by atoms with van der Waals surface area (Å²) in [5, 5.41) is 9.45. The lowest BCUT2D eigenvalue weighted by Gasteiger charge is -2.13. The Labute approximate surface area is 118 Å². The second-order valence-electron chi connectivity index (χ2n) is 5.44. The van der Waals surface area contributed by atoms with Crippen molar-refractivity contribution in [2.45, 2.75) is 44.9 Å². The summed E-state index contributed by atoms with van der Waals surface area (Å²) in [5.41, 5.74) is -2.08. The van der Waals surface area contributed by atoms with Gasteiger partial charge in [0.15, 0.2) is 0 Å². The summed E-state index contributed by atoms with van der Waals surface area (Å²) in [6.45, 7) is 2.53. The molecule has 3 rings (SSSR count). The Morgan fingerprint density at radius 3 is 1.71 bits per heavy atom. The van der Waals surface area contributed by atoms with Gasteiger partial charge in [-0.25, -0.2) is 28.1 Å². The van der Waals surface area contributed by atoms with E-state index in [9.17, 15) is 19.5 Å². The summed E-state index contributed by atoms with van der Waals surface area (Å²) in [6, 6.07) is 0. The topological polar surface area (TPSA) is 111 Å². The second-order valence-corrected chi connectivity index (χ2v) is 5.44. The van der Waals surface area contributed by atoms with Crippen LogP contribution in [0.25, 0.3) is 0 Å². The van der Waals surface area contributed by atoms with Gasteiger partial charge in [-0.1, -0.05) is 0 Å². The van der Waals surface area contributed by atoms with Gasteiger partial charge in [0.05, 0.1) is 51.2 Å². The van der Waals surface area contributed by atoms with Gasteiger partial charge < -0.3 is 14.6 Å². The predicted molar refractivity (Wildman–Crippen MR) is 70.4 cm³/mol. The normalized spacial score (nSPS) is 24.9. The highest BCUT2D eigenvalue weighted by atomic mass is 16.6. The van der Waals surface area contributed by atoms with E-state index < -0.39 is 23.2 Å². The minimum Gasteiger partial charge on any atom is -0.392 e. The van der Waals surface area contributed by atoms with Gasteiger partial charge in [0, 0.05) is 0 Å². The molecule has 2 aliphatic rings. The zero-order valence-electron chi connectivity index (χ0n) is 11.6. The van der Waals surface area contributed by atoms with E-state index in [1.54, 1.807) is 0 Å². The molecule has 3 atom stereocenters. The quantitative estimate of drug-likeness (QED) is 0.574. The molecule has 2 saturated heterocycles. The first-order chi connectivity index (χ1) is 9.97. The zero-order chi connectivity index (χ0) is 15.1. The number of aliphatic hydroxyl groups is 1. The van der Waals surface area contributed by atoms with E-state index in [1.165, 1.54) is 6.92 Å². The van der Waals surface area contributed by atoms with Crippen LogP contribution < -0.4 is 17.1 Å². The summed E-state index contributed by atoms with van der Waals surface area (Å²) in [4.78, 5) is 36.9. The Bertz CT molecular complexity index is 591. The molecule has 9 heteroatoms. The standard InChI is InChI=1S/C12H17N3O6/c1-7(16)2-13-10(17)14(3-8-5-20-8)12(19)15(11(13)18)4-9-6-21-9/h7-9,16H,2-6H2,1H3/t7-,8-,9+/m1/s1. The first kappa shape index (κ1) is 14.2. The molecular weight excluding hydrogens is 282 g/mol. The number of epoxide rings is 2. The van der Waals surface area contributed by atoms with Crippen molar-refractivity contribution in [1.29, 1.82) is 0 Å². The van der Waals surface area contributed by atoms with Gasteiger partial charge in [-0.3, -0.25) is 0 Å². The van der Waals surface area contributed by atoms with Crippen molar-refractivity contribution in [3.8, 4) is 0 Å². The highest BCUT2D eigenvalue weighted by molar-refractivity contribution is 4.84. The van der Waals surface area contributed by atoms with E-state index in [0.29, 0.717) is 13.2 Å². The summed E-state index contributed by atoms with van der Waals surface area (Å²) >= 11 is 0. The molecule has 0 amide bonds. The molecular formula is C12H17N3O6. The fraction of sp³-hybridized carbons (Fsp3) is 0.750. The van der Waals surface area contributed by atoms with E-state index in [0.717, 1.165) is 13.7 Å². The number of aromatic nitrogens is 3. The number of hydrogen-bond acceptors (Lipinski definition) is 6. The third-order valence-corrected chi connectivity index (χ3v) is 3.41. The Kier molecular flexibility index (Phi) is 3.56. The molecule has 0 aromatic carbocycles. The van der Waals surface area contributed by atoms with Gasteiger partial charge in [-0.15, -0.1) is 0 Å². The molecule has 0 spiro atoms. The van der Waals surface area contributed by atoms with Crippen LogP contribution in [-0.2, 0) is 29.1 Å². The average Bonchev–Trinajstić information content (AvgIpc) is 3.30. The molecule has 3 heterocycles. The largest absolute Gasteiger partial charge is 0.392 e. The van der Waals surface area contributed by atoms with Crippen molar-refractivity contribution in [2.75, 3.05) is 13.2 Å². The first-order valence-corrected chi connectivity index (χ1v) is 6.83. The molecule has 1 aromatic heterocycles. The van der Waals surface area contributed by atoms with Crippen molar-refractivity contribution in [1.82, 2.24) is 13.7 Å². The van der Waals surface area contributed by atoms with Crippen LogP contribution in [0.3, 0.4) is 0 Å². The average molecular weight is 299 g/mol. The van der Waals surface area contributed by atoms with Crippen LogP contribution in [-0.4, -0.2) is 50.3 Å². The summed E-state index contributed by atoms with van der Waals surface area (Å²) in [5.74, 6) is 0. The number of nitrogens with zero attached hydrogens (tertiary/aromatic N) is 3. The molecule has 0 saturated carbocycles. The summed E-state index contributed by atoms with van der Waals surface area (Å²) in [6.07, 6.45) is -1.21. The molecule has 2 fully saturated rings. The highest BCUT2D eigenvalue weighted by Crippen LogP contribution is 2.10. The lowest BCUT2D eigenvalue weighted by molar-refractivity contribution is 0.166. The molecule has 1 aromatic rings. The van der Waals surface area contributed by atoms with E-state index in [1.807, 2.05) is 0 Å². The number of aliphatic hydroxyl groups excluding tert-OH is 1. The third-order valence-electron chi connectivity index (χ3n) is 3.41. The maximum Gasteiger partial charge on any atom is 0.336 e. The van der Waals surface area contributed by atoms with Crippen LogP contribution in [0, 0.1) is 0 Å². The van der Waals surface area contributed by atoms with E-state index in [4.69, 9.17) is 9.47 Å². The fourth-order valence-electron chi connectivity index (χ4n) is 2.17. The third kappa shape index (κ3) is 2.99. The monoisotopic (exact) mass is 299 g/mol. The van der Waals surface area contributed by atoms with Gasteiger partial charge >= 0.3 is 17.1 Å². The minimum atomic E-state index is -0.871. The SMILES string of the molecule is C[C@@H](O)Cn1c(=O)n(C[C@H]2CO2)c(=O)n(C[C@@H]2CO2)c1=O. The van der Waals surface area contributed by atoms with Gasteiger partial charge in [-0.2, -0.15) is 0 Å². The van der Waals surface area contributed by atoms with E-state index >= 15 is 0 Å². The van der Waals surface area contributed by atoms with Crippen molar-refractivity contribution < 1.29 is 14.6 Å². The van der Waals surface area contributed by atoms with Crippen LogP contribution in [0.2, 0.25) is 0 Å². The molecule has 0 unspecified atom stereocenters. The lowest BCUT2D eigenvalue weighted by Crippen LogP contribution is -2.56. The van der Waals surface area contributed by atoms with Crippen molar-refractivity contribution in [2.24, 2.45) is 0 Å². The van der Waals surface area contributed by atoms with Gasteiger partial charge in [0.2, 0.25) is 0 Å². The molecule has 116 valence electrons. The second kappa shape index (κ2) is 5.24.